The SMILES string of the molecule is CCc1ccccc1NC(=O)CC1COC1. The van der Waals surface area contributed by atoms with Gasteiger partial charge in [0.25, 0.3) is 0 Å². The lowest BCUT2D eigenvalue weighted by atomic mass is 10.0. The number of anilines is 1. The Morgan fingerprint density at radius 3 is 2.81 bits per heavy atom. The Labute approximate surface area is 95.8 Å². The predicted molar refractivity (Wildman–Crippen MR) is 63.4 cm³/mol. The molecule has 1 amide bonds. The maximum Gasteiger partial charge on any atom is 0.224 e. The Morgan fingerprint density at radius 1 is 1.44 bits per heavy atom. The van der Waals surface area contributed by atoms with Gasteiger partial charge in [-0.3, -0.25) is 4.79 Å². The Morgan fingerprint density at radius 2 is 2.19 bits per heavy atom. The summed E-state index contributed by atoms with van der Waals surface area (Å²) in [6.07, 6.45) is 1.50. The van der Waals surface area contributed by atoms with E-state index in [0.717, 1.165) is 25.3 Å². The first-order valence-electron chi connectivity index (χ1n) is 5.75. The monoisotopic (exact) mass is 219 g/mol. The van der Waals surface area contributed by atoms with Crippen LogP contribution < -0.4 is 5.32 Å². The van der Waals surface area contributed by atoms with Crippen molar-refractivity contribution in [2.24, 2.45) is 5.92 Å². The molecule has 1 N–H and O–H groups in total. The van der Waals surface area contributed by atoms with Gasteiger partial charge in [-0.2, -0.15) is 0 Å². The molecule has 1 fully saturated rings. The zero-order valence-corrected chi connectivity index (χ0v) is 9.53. The summed E-state index contributed by atoms with van der Waals surface area (Å²) in [7, 11) is 0. The first-order chi connectivity index (χ1) is 7.79. The minimum atomic E-state index is 0.0919. The van der Waals surface area contributed by atoms with E-state index >= 15 is 0 Å². The zero-order valence-electron chi connectivity index (χ0n) is 9.53. The van der Waals surface area contributed by atoms with Crippen LogP contribution in [0.3, 0.4) is 0 Å². The van der Waals surface area contributed by atoms with E-state index in [2.05, 4.69) is 12.2 Å². The molecular weight excluding hydrogens is 202 g/mol. The van der Waals surface area contributed by atoms with Crippen LogP contribution in [0.15, 0.2) is 24.3 Å². The van der Waals surface area contributed by atoms with Crippen molar-refractivity contribution in [1.82, 2.24) is 0 Å². The highest BCUT2D eigenvalue weighted by Crippen LogP contribution is 2.18. The minimum absolute atomic E-state index is 0.0919. The second kappa shape index (κ2) is 5.12. The van der Waals surface area contributed by atoms with Crippen LogP contribution in [0, 0.1) is 5.92 Å². The molecule has 1 aliphatic rings. The summed E-state index contributed by atoms with van der Waals surface area (Å²) in [5.74, 6) is 0.503. The van der Waals surface area contributed by atoms with Crippen LogP contribution in [0.1, 0.15) is 18.9 Å². The number of rotatable bonds is 4. The quantitative estimate of drug-likeness (QED) is 0.843. The van der Waals surface area contributed by atoms with E-state index < -0.39 is 0 Å². The molecule has 1 aliphatic heterocycles. The number of ether oxygens (including phenoxy) is 1. The summed E-state index contributed by atoms with van der Waals surface area (Å²) in [5, 5.41) is 2.97. The number of para-hydroxylation sites is 1. The molecular formula is C13H17NO2. The van der Waals surface area contributed by atoms with Crippen LogP contribution in [0.4, 0.5) is 5.69 Å². The number of amides is 1. The Bertz CT molecular complexity index is 372. The maximum absolute atomic E-state index is 11.7. The van der Waals surface area contributed by atoms with Crippen LogP contribution >= 0.6 is 0 Å². The second-order valence-corrected chi connectivity index (χ2v) is 4.17. The van der Waals surface area contributed by atoms with Gasteiger partial charge in [-0.1, -0.05) is 25.1 Å². The number of hydrogen-bond acceptors (Lipinski definition) is 2. The van der Waals surface area contributed by atoms with Crippen LogP contribution in [-0.2, 0) is 16.0 Å². The van der Waals surface area contributed by atoms with Crippen molar-refractivity contribution in [3.8, 4) is 0 Å². The molecule has 1 heterocycles. The van der Waals surface area contributed by atoms with Gasteiger partial charge in [0.2, 0.25) is 5.91 Å². The van der Waals surface area contributed by atoms with Crippen LogP contribution in [-0.4, -0.2) is 19.1 Å². The number of hydrogen-bond donors (Lipinski definition) is 1. The Hall–Kier alpha value is -1.35. The molecule has 16 heavy (non-hydrogen) atoms. The topological polar surface area (TPSA) is 38.3 Å². The van der Waals surface area contributed by atoms with Crippen molar-refractivity contribution in [2.75, 3.05) is 18.5 Å². The van der Waals surface area contributed by atoms with Gasteiger partial charge in [0.05, 0.1) is 13.2 Å². The van der Waals surface area contributed by atoms with Crippen LogP contribution in [0.25, 0.3) is 0 Å². The first-order valence-corrected chi connectivity index (χ1v) is 5.75. The number of nitrogens with one attached hydrogen (secondary N) is 1. The maximum atomic E-state index is 11.7. The summed E-state index contributed by atoms with van der Waals surface area (Å²) < 4.78 is 5.05. The third-order valence-electron chi connectivity index (χ3n) is 2.85. The average molecular weight is 219 g/mol. The predicted octanol–water partition coefficient (Wildman–Crippen LogP) is 2.22. The Kier molecular flexibility index (Phi) is 3.57. The van der Waals surface area contributed by atoms with Crippen molar-refractivity contribution in [2.45, 2.75) is 19.8 Å². The first kappa shape index (κ1) is 11.1. The molecule has 0 unspecified atom stereocenters. The molecule has 1 saturated heterocycles. The molecule has 86 valence electrons. The van der Waals surface area contributed by atoms with Gasteiger partial charge >= 0.3 is 0 Å². The van der Waals surface area contributed by atoms with E-state index in [-0.39, 0.29) is 5.91 Å². The van der Waals surface area contributed by atoms with Crippen molar-refractivity contribution in [3.05, 3.63) is 29.8 Å². The summed E-state index contributed by atoms with van der Waals surface area (Å²) in [5.41, 5.74) is 2.12. The standard InChI is InChI=1S/C13H17NO2/c1-2-11-5-3-4-6-12(11)14-13(15)7-10-8-16-9-10/h3-6,10H,2,7-9H2,1H3,(H,14,15). The van der Waals surface area contributed by atoms with E-state index in [4.69, 9.17) is 4.74 Å². The molecule has 0 saturated carbocycles. The Balaban J connectivity index is 1.94. The van der Waals surface area contributed by atoms with Gasteiger partial charge < -0.3 is 10.1 Å². The van der Waals surface area contributed by atoms with E-state index in [0.29, 0.717) is 12.3 Å². The summed E-state index contributed by atoms with van der Waals surface area (Å²) in [6, 6.07) is 7.94. The zero-order chi connectivity index (χ0) is 11.4. The average Bonchev–Trinajstić information content (AvgIpc) is 2.24. The smallest absolute Gasteiger partial charge is 0.224 e. The van der Waals surface area contributed by atoms with Gasteiger partial charge in [0, 0.05) is 18.0 Å². The highest BCUT2D eigenvalue weighted by atomic mass is 16.5. The van der Waals surface area contributed by atoms with Gasteiger partial charge in [0.1, 0.15) is 0 Å². The molecule has 0 radical (unpaired) electrons. The van der Waals surface area contributed by atoms with Crippen molar-refractivity contribution >= 4 is 11.6 Å². The van der Waals surface area contributed by atoms with Crippen LogP contribution in [0.2, 0.25) is 0 Å². The summed E-state index contributed by atoms with van der Waals surface area (Å²) in [6.45, 7) is 3.54. The highest BCUT2D eigenvalue weighted by molar-refractivity contribution is 5.91. The van der Waals surface area contributed by atoms with Crippen LogP contribution in [0.5, 0.6) is 0 Å². The highest BCUT2D eigenvalue weighted by Gasteiger charge is 2.21. The lowest BCUT2D eigenvalue weighted by Crippen LogP contribution is -2.31. The molecule has 0 atom stereocenters. The fraction of sp³-hybridized carbons (Fsp3) is 0.462. The number of carbonyl (C=O) groups is 1. The largest absolute Gasteiger partial charge is 0.381 e. The summed E-state index contributed by atoms with van der Waals surface area (Å²) in [4.78, 5) is 11.7. The van der Waals surface area contributed by atoms with Crippen molar-refractivity contribution in [1.29, 1.82) is 0 Å². The molecule has 0 spiro atoms. The van der Waals surface area contributed by atoms with E-state index in [1.54, 1.807) is 0 Å². The molecule has 3 heteroatoms. The molecule has 0 aliphatic carbocycles. The van der Waals surface area contributed by atoms with E-state index in [9.17, 15) is 4.79 Å². The fourth-order valence-electron chi connectivity index (χ4n) is 1.82. The lowest BCUT2D eigenvalue weighted by molar-refractivity contribution is -0.121. The van der Waals surface area contributed by atoms with Crippen molar-refractivity contribution < 1.29 is 9.53 Å². The molecule has 0 bridgehead atoms. The lowest BCUT2D eigenvalue weighted by Gasteiger charge is -2.25. The molecule has 0 aromatic heterocycles. The molecule has 2 rings (SSSR count). The van der Waals surface area contributed by atoms with Crippen molar-refractivity contribution in [3.63, 3.8) is 0 Å². The molecule has 3 nitrogen and oxygen atoms in total. The van der Waals surface area contributed by atoms with E-state index in [1.165, 1.54) is 5.56 Å². The van der Waals surface area contributed by atoms with E-state index in [1.807, 2.05) is 24.3 Å². The summed E-state index contributed by atoms with van der Waals surface area (Å²) >= 11 is 0. The normalized spacial score (nSPS) is 15.6. The minimum Gasteiger partial charge on any atom is -0.381 e. The van der Waals surface area contributed by atoms with Gasteiger partial charge in [-0.15, -0.1) is 0 Å². The number of carbonyl (C=O) groups excluding carboxylic acids is 1. The van der Waals surface area contributed by atoms with Gasteiger partial charge in [0.15, 0.2) is 0 Å². The molecule has 1 aromatic rings. The molecule has 1 aromatic carbocycles. The van der Waals surface area contributed by atoms with Gasteiger partial charge in [-0.25, -0.2) is 0 Å². The third kappa shape index (κ3) is 2.61. The van der Waals surface area contributed by atoms with Gasteiger partial charge in [-0.05, 0) is 18.1 Å². The second-order valence-electron chi connectivity index (χ2n) is 4.17. The third-order valence-corrected chi connectivity index (χ3v) is 2.85. The number of aryl methyl sites for hydroxylation is 1. The number of benzene rings is 1. The fourth-order valence-corrected chi connectivity index (χ4v) is 1.82.